The van der Waals surface area contributed by atoms with Gasteiger partial charge in [-0.05, 0) is 54.3 Å². The van der Waals surface area contributed by atoms with Gasteiger partial charge in [0.25, 0.3) is 10.0 Å². The summed E-state index contributed by atoms with van der Waals surface area (Å²) in [4.78, 5) is 11.4. The van der Waals surface area contributed by atoms with Crippen molar-refractivity contribution in [3.05, 3.63) is 65.7 Å². The standard InChI is InChI=1S/C20H24N2O3S/c1-3-4-5-16-6-11-18(12-7-16)22-26(24,25)19-13-8-17(9-14-19)10-15-20(23)21-2/h6-15,22H,3-5H2,1-2H3,(H,21,23)/b15-10+. The van der Waals surface area contributed by atoms with Gasteiger partial charge >= 0.3 is 0 Å². The van der Waals surface area contributed by atoms with Gasteiger partial charge in [0, 0.05) is 18.8 Å². The Labute approximate surface area is 155 Å². The van der Waals surface area contributed by atoms with Crippen molar-refractivity contribution < 1.29 is 13.2 Å². The van der Waals surface area contributed by atoms with E-state index in [-0.39, 0.29) is 10.8 Å². The van der Waals surface area contributed by atoms with Crippen molar-refractivity contribution in [2.45, 2.75) is 31.1 Å². The first-order valence-electron chi connectivity index (χ1n) is 8.56. The lowest BCUT2D eigenvalue weighted by molar-refractivity contribution is -0.115. The highest BCUT2D eigenvalue weighted by atomic mass is 32.2. The monoisotopic (exact) mass is 372 g/mol. The van der Waals surface area contributed by atoms with Gasteiger partial charge in [-0.15, -0.1) is 0 Å². The summed E-state index contributed by atoms with van der Waals surface area (Å²) in [5, 5.41) is 2.48. The average Bonchev–Trinajstić information content (AvgIpc) is 2.65. The molecule has 0 saturated heterocycles. The van der Waals surface area contributed by atoms with E-state index in [0.717, 1.165) is 24.8 Å². The first kappa shape index (κ1) is 19.7. The van der Waals surface area contributed by atoms with E-state index in [9.17, 15) is 13.2 Å². The van der Waals surface area contributed by atoms with Crippen LogP contribution in [0.25, 0.3) is 6.08 Å². The maximum Gasteiger partial charge on any atom is 0.261 e. The van der Waals surface area contributed by atoms with E-state index in [1.54, 1.807) is 37.4 Å². The lowest BCUT2D eigenvalue weighted by Crippen LogP contribution is -2.14. The van der Waals surface area contributed by atoms with E-state index in [1.165, 1.54) is 23.8 Å². The van der Waals surface area contributed by atoms with E-state index in [2.05, 4.69) is 17.0 Å². The van der Waals surface area contributed by atoms with Crippen LogP contribution in [0.1, 0.15) is 30.9 Å². The van der Waals surface area contributed by atoms with Gasteiger partial charge in [-0.1, -0.05) is 37.6 Å². The minimum Gasteiger partial charge on any atom is -0.356 e. The normalized spacial score (nSPS) is 11.5. The van der Waals surface area contributed by atoms with Crippen LogP contribution < -0.4 is 10.0 Å². The van der Waals surface area contributed by atoms with Crippen LogP contribution in [0.2, 0.25) is 0 Å². The van der Waals surface area contributed by atoms with Crippen molar-refractivity contribution in [3.63, 3.8) is 0 Å². The maximum absolute atomic E-state index is 12.5. The zero-order valence-corrected chi connectivity index (χ0v) is 15.8. The number of amides is 1. The quantitative estimate of drug-likeness (QED) is 0.695. The van der Waals surface area contributed by atoms with Crippen LogP contribution in [-0.4, -0.2) is 21.4 Å². The molecular formula is C20H24N2O3S. The van der Waals surface area contributed by atoms with Gasteiger partial charge in [0.1, 0.15) is 0 Å². The van der Waals surface area contributed by atoms with E-state index in [0.29, 0.717) is 5.69 Å². The van der Waals surface area contributed by atoms with Crippen LogP contribution in [-0.2, 0) is 21.2 Å². The largest absolute Gasteiger partial charge is 0.356 e. The predicted molar refractivity (Wildman–Crippen MR) is 105 cm³/mol. The number of likely N-dealkylation sites (N-methyl/N-ethyl adjacent to an activating group) is 1. The fraction of sp³-hybridized carbons (Fsp3) is 0.250. The van der Waals surface area contributed by atoms with Gasteiger partial charge in [-0.25, -0.2) is 8.42 Å². The summed E-state index contributed by atoms with van der Waals surface area (Å²) in [7, 11) is -2.10. The van der Waals surface area contributed by atoms with E-state index >= 15 is 0 Å². The van der Waals surface area contributed by atoms with E-state index in [1.807, 2.05) is 12.1 Å². The fourth-order valence-electron chi connectivity index (χ4n) is 2.35. The molecule has 5 nitrogen and oxygen atoms in total. The molecule has 2 aromatic carbocycles. The van der Waals surface area contributed by atoms with E-state index in [4.69, 9.17) is 0 Å². The van der Waals surface area contributed by atoms with Crippen LogP contribution in [0.15, 0.2) is 59.5 Å². The topological polar surface area (TPSA) is 75.3 Å². The number of hydrogen-bond donors (Lipinski definition) is 2. The fourth-order valence-corrected chi connectivity index (χ4v) is 3.41. The molecule has 0 fully saturated rings. The Kier molecular flexibility index (Phi) is 6.97. The Morgan fingerprint density at radius 1 is 1.04 bits per heavy atom. The summed E-state index contributed by atoms with van der Waals surface area (Å²) in [6, 6.07) is 13.8. The molecule has 0 saturated carbocycles. The third-order valence-corrected chi connectivity index (χ3v) is 5.29. The number of anilines is 1. The van der Waals surface area contributed by atoms with Crippen molar-refractivity contribution in [1.29, 1.82) is 0 Å². The van der Waals surface area contributed by atoms with Crippen molar-refractivity contribution >= 4 is 27.7 Å². The highest BCUT2D eigenvalue weighted by molar-refractivity contribution is 7.92. The number of rotatable bonds is 8. The average molecular weight is 372 g/mol. The summed E-state index contributed by atoms with van der Waals surface area (Å²) in [6.07, 6.45) is 6.25. The highest BCUT2D eigenvalue weighted by Gasteiger charge is 2.13. The number of unbranched alkanes of at least 4 members (excludes halogenated alkanes) is 1. The second kappa shape index (κ2) is 9.20. The third-order valence-electron chi connectivity index (χ3n) is 3.89. The number of sulfonamides is 1. The molecule has 2 aromatic rings. The molecule has 0 aromatic heterocycles. The lowest BCUT2D eigenvalue weighted by atomic mass is 10.1. The van der Waals surface area contributed by atoms with Crippen molar-refractivity contribution in [2.75, 3.05) is 11.8 Å². The summed E-state index contributed by atoms with van der Waals surface area (Å²) in [5.41, 5.74) is 2.48. The third kappa shape index (κ3) is 5.74. The highest BCUT2D eigenvalue weighted by Crippen LogP contribution is 2.18. The molecule has 2 N–H and O–H groups in total. The maximum atomic E-state index is 12.5. The second-order valence-electron chi connectivity index (χ2n) is 5.92. The second-order valence-corrected chi connectivity index (χ2v) is 7.60. The number of aryl methyl sites for hydroxylation is 1. The predicted octanol–water partition coefficient (Wildman–Crippen LogP) is 3.59. The molecule has 0 atom stereocenters. The molecule has 0 aliphatic carbocycles. The summed E-state index contributed by atoms with van der Waals surface area (Å²) in [5.74, 6) is -0.217. The zero-order valence-electron chi connectivity index (χ0n) is 15.0. The Hall–Kier alpha value is -2.60. The minimum absolute atomic E-state index is 0.171. The number of benzene rings is 2. The van der Waals surface area contributed by atoms with Gasteiger partial charge in [0.2, 0.25) is 5.91 Å². The zero-order chi connectivity index (χ0) is 19.0. The number of hydrogen-bond acceptors (Lipinski definition) is 3. The van der Waals surface area contributed by atoms with Crippen LogP contribution >= 0.6 is 0 Å². The van der Waals surface area contributed by atoms with Gasteiger partial charge in [0.05, 0.1) is 4.90 Å². The molecule has 0 aliphatic heterocycles. The molecule has 0 radical (unpaired) electrons. The molecule has 0 aliphatic rings. The Morgan fingerprint density at radius 2 is 1.69 bits per heavy atom. The molecule has 2 rings (SSSR count). The first-order chi connectivity index (χ1) is 12.4. The van der Waals surface area contributed by atoms with Crippen molar-refractivity contribution in [3.8, 4) is 0 Å². The van der Waals surface area contributed by atoms with Crippen LogP contribution in [0.5, 0.6) is 0 Å². The molecule has 6 heteroatoms. The molecule has 0 spiro atoms. The molecule has 0 bridgehead atoms. The van der Waals surface area contributed by atoms with Crippen LogP contribution in [0, 0.1) is 0 Å². The molecule has 26 heavy (non-hydrogen) atoms. The Bertz CT molecular complexity index is 855. The summed E-state index contributed by atoms with van der Waals surface area (Å²) in [6.45, 7) is 2.14. The van der Waals surface area contributed by atoms with Gasteiger partial charge in [0.15, 0.2) is 0 Å². The van der Waals surface area contributed by atoms with Gasteiger partial charge < -0.3 is 5.32 Å². The summed E-state index contributed by atoms with van der Waals surface area (Å²) < 4.78 is 27.6. The number of nitrogens with one attached hydrogen (secondary N) is 2. The molecule has 1 amide bonds. The molecule has 0 unspecified atom stereocenters. The van der Waals surface area contributed by atoms with Crippen LogP contribution in [0.3, 0.4) is 0 Å². The SMILES string of the molecule is CCCCc1ccc(NS(=O)(=O)c2ccc(/C=C/C(=O)NC)cc2)cc1. The molecule has 138 valence electrons. The Morgan fingerprint density at radius 3 is 2.27 bits per heavy atom. The van der Waals surface area contributed by atoms with Crippen molar-refractivity contribution in [2.24, 2.45) is 0 Å². The smallest absolute Gasteiger partial charge is 0.261 e. The minimum atomic E-state index is -3.65. The first-order valence-corrected chi connectivity index (χ1v) is 10.0. The molecule has 0 heterocycles. The summed E-state index contributed by atoms with van der Waals surface area (Å²) >= 11 is 0. The molecular weight excluding hydrogens is 348 g/mol. The lowest BCUT2D eigenvalue weighted by Gasteiger charge is -2.09. The van der Waals surface area contributed by atoms with E-state index < -0.39 is 10.0 Å². The van der Waals surface area contributed by atoms with Gasteiger partial charge in [-0.2, -0.15) is 0 Å². The number of carbonyl (C=O) groups excluding carboxylic acids is 1. The Balaban J connectivity index is 2.07. The van der Waals surface area contributed by atoms with Crippen molar-refractivity contribution in [1.82, 2.24) is 5.32 Å². The number of carbonyl (C=O) groups is 1. The van der Waals surface area contributed by atoms with Crippen LogP contribution in [0.4, 0.5) is 5.69 Å². The van der Waals surface area contributed by atoms with Gasteiger partial charge in [-0.3, -0.25) is 9.52 Å².